The van der Waals surface area contributed by atoms with Gasteiger partial charge in [0.15, 0.2) is 10.3 Å². The van der Waals surface area contributed by atoms with Gasteiger partial charge in [-0.25, -0.2) is 4.39 Å². The molecule has 0 aliphatic carbocycles. The lowest BCUT2D eigenvalue weighted by Crippen LogP contribution is -2.33. The van der Waals surface area contributed by atoms with Crippen LogP contribution >= 0.6 is 23.8 Å². The molecule has 0 amide bonds. The molecule has 0 spiro atoms. The molecule has 0 atom stereocenters. The SMILES string of the molecule is Fc1cccc(Cn2cc(NC(=S)N(Cc3ccccc3)Cc3ccccc3)c(Cl)n2)c1. The fraction of sp³-hybridized carbons (Fsp3) is 0.120. The van der Waals surface area contributed by atoms with Crippen molar-refractivity contribution in [1.82, 2.24) is 14.7 Å². The predicted molar refractivity (Wildman–Crippen MR) is 131 cm³/mol. The normalized spacial score (nSPS) is 10.7. The Labute approximate surface area is 197 Å². The van der Waals surface area contributed by atoms with Gasteiger partial charge in [0.05, 0.1) is 18.4 Å². The van der Waals surface area contributed by atoms with E-state index in [1.807, 2.05) is 42.5 Å². The van der Waals surface area contributed by atoms with Gasteiger partial charge in [-0.15, -0.1) is 0 Å². The summed E-state index contributed by atoms with van der Waals surface area (Å²) in [6.07, 6.45) is 1.78. The lowest BCUT2D eigenvalue weighted by Gasteiger charge is -2.26. The summed E-state index contributed by atoms with van der Waals surface area (Å²) in [5.74, 6) is -0.280. The first-order valence-corrected chi connectivity index (χ1v) is 11.0. The van der Waals surface area contributed by atoms with E-state index in [2.05, 4.69) is 39.6 Å². The molecule has 32 heavy (non-hydrogen) atoms. The van der Waals surface area contributed by atoms with Crippen LogP contribution in [-0.4, -0.2) is 19.8 Å². The van der Waals surface area contributed by atoms with E-state index in [1.165, 1.54) is 12.1 Å². The highest BCUT2D eigenvalue weighted by molar-refractivity contribution is 7.80. The third-order valence-electron chi connectivity index (χ3n) is 4.91. The monoisotopic (exact) mass is 464 g/mol. The van der Waals surface area contributed by atoms with Crippen molar-refractivity contribution in [2.45, 2.75) is 19.6 Å². The van der Waals surface area contributed by atoms with Crippen LogP contribution in [0.4, 0.5) is 10.1 Å². The molecule has 0 aliphatic rings. The number of nitrogens with zero attached hydrogens (tertiary/aromatic N) is 3. The lowest BCUT2D eigenvalue weighted by atomic mass is 10.2. The van der Waals surface area contributed by atoms with Crippen molar-refractivity contribution < 1.29 is 4.39 Å². The molecular weight excluding hydrogens is 443 g/mol. The van der Waals surface area contributed by atoms with Gasteiger partial charge in [0.25, 0.3) is 0 Å². The van der Waals surface area contributed by atoms with Crippen LogP contribution in [0.2, 0.25) is 5.15 Å². The third-order valence-corrected chi connectivity index (χ3v) is 5.55. The number of anilines is 1. The number of nitrogens with one attached hydrogen (secondary N) is 1. The van der Waals surface area contributed by atoms with E-state index in [4.69, 9.17) is 23.8 Å². The summed E-state index contributed by atoms with van der Waals surface area (Å²) in [6, 6.07) is 26.8. The highest BCUT2D eigenvalue weighted by Gasteiger charge is 2.15. The summed E-state index contributed by atoms with van der Waals surface area (Å²) in [4.78, 5) is 2.08. The summed E-state index contributed by atoms with van der Waals surface area (Å²) in [6.45, 7) is 1.71. The first-order valence-electron chi connectivity index (χ1n) is 10.2. The minimum Gasteiger partial charge on any atom is -0.340 e. The van der Waals surface area contributed by atoms with Crippen LogP contribution in [0, 0.1) is 5.82 Å². The van der Waals surface area contributed by atoms with E-state index in [-0.39, 0.29) is 5.82 Å². The van der Waals surface area contributed by atoms with Crippen LogP contribution in [0.5, 0.6) is 0 Å². The minimum absolute atomic E-state index is 0.280. The molecule has 0 saturated heterocycles. The zero-order valence-electron chi connectivity index (χ0n) is 17.3. The molecule has 4 aromatic rings. The molecule has 0 bridgehead atoms. The van der Waals surface area contributed by atoms with Gasteiger partial charge in [0, 0.05) is 13.1 Å². The lowest BCUT2D eigenvalue weighted by molar-refractivity contribution is 0.413. The zero-order chi connectivity index (χ0) is 22.3. The maximum absolute atomic E-state index is 13.5. The van der Waals surface area contributed by atoms with Crippen LogP contribution in [0.15, 0.2) is 91.1 Å². The van der Waals surface area contributed by atoms with Crippen molar-refractivity contribution in [3.63, 3.8) is 0 Å². The average molecular weight is 465 g/mol. The molecule has 7 heteroatoms. The van der Waals surface area contributed by atoms with E-state index in [9.17, 15) is 4.39 Å². The van der Waals surface area contributed by atoms with Crippen molar-refractivity contribution in [2.24, 2.45) is 0 Å². The van der Waals surface area contributed by atoms with E-state index in [0.29, 0.717) is 35.6 Å². The van der Waals surface area contributed by atoms with Crippen molar-refractivity contribution in [3.8, 4) is 0 Å². The maximum atomic E-state index is 13.5. The van der Waals surface area contributed by atoms with E-state index < -0.39 is 0 Å². The number of hydrogen-bond donors (Lipinski definition) is 1. The maximum Gasteiger partial charge on any atom is 0.174 e. The molecular formula is C25H22ClFN4S. The van der Waals surface area contributed by atoms with Gasteiger partial charge in [-0.05, 0) is 41.0 Å². The van der Waals surface area contributed by atoms with Gasteiger partial charge in [0.2, 0.25) is 0 Å². The van der Waals surface area contributed by atoms with Gasteiger partial charge >= 0.3 is 0 Å². The van der Waals surface area contributed by atoms with Gasteiger partial charge in [-0.1, -0.05) is 84.4 Å². The second-order valence-corrected chi connectivity index (χ2v) is 8.16. The largest absolute Gasteiger partial charge is 0.340 e. The van der Waals surface area contributed by atoms with Gasteiger partial charge < -0.3 is 10.2 Å². The quantitative estimate of drug-likeness (QED) is 0.334. The Morgan fingerprint density at radius 2 is 1.50 bits per heavy atom. The summed E-state index contributed by atoms with van der Waals surface area (Å²) >= 11 is 12.1. The molecule has 0 aliphatic heterocycles. The second-order valence-electron chi connectivity index (χ2n) is 7.42. The number of aromatic nitrogens is 2. The first-order chi connectivity index (χ1) is 15.6. The van der Waals surface area contributed by atoms with E-state index >= 15 is 0 Å². The van der Waals surface area contributed by atoms with E-state index in [0.717, 1.165) is 16.7 Å². The molecule has 1 aromatic heterocycles. The fourth-order valence-electron chi connectivity index (χ4n) is 3.39. The number of benzene rings is 3. The number of thiocarbonyl (C=S) groups is 1. The van der Waals surface area contributed by atoms with Crippen LogP contribution in [-0.2, 0) is 19.6 Å². The smallest absolute Gasteiger partial charge is 0.174 e. The third kappa shape index (κ3) is 5.93. The van der Waals surface area contributed by atoms with Crippen molar-refractivity contribution in [2.75, 3.05) is 5.32 Å². The molecule has 0 saturated carbocycles. The number of hydrogen-bond acceptors (Lipinski definition) is 2. The van der Waals surface area contributed by atoms with Crippen molar-refractivity contribution >= 4 is 34.6 Å². The van der Waals surface area contributed by atoms with Crippen molar-refractivity contribution in [3.05, 3.63) is 119 Å². The first kappa shape index (κ1) is 22.0. The van der Waals surface area contributed by atoms with E-state index in [1.54, 1.807) is 16.9 Å². The zero-order valence-corrected chi connectivity index (χ0v) is 18.9. The molecule has 3 aromatic carbocycles. The number of rotatable bonds is 7. The Hall–Kier alpha value is -3.22. The Kier molecular flexibility index (Phi) is 7.14. The Balaban J connectivity index is 1.50. The molecule has 4 nitrogen and oxygen atoms in total. The van der Waals surface area contributed by atoms with Gasteiger partial charge in [-0.3, -0.25) is 4.68 Å². The Bertz CT molecular complexity index is 1140. The van der Waals surface area contributed by atoms with Crippen LogP contribution in [0.1, 0.15) is 16.7 Å². The molecule has 1 heterocycles. The van der Waals surface area contributed by atoms with Crippen LogP contribution in [0.25, 0.3) is 0 Å². The Morgan fingerprint density at radius 1 is 0.906 bits per heavy atom. The molecule has 1 N–H and O–H groups in total. The summed E-state index contributed by atoms with van der Waals surface area (Å²) < 4.78 is 15.1. The topological polar surface area (TPSA) is 33.1 Å². The molecule has 0 fully saturated rings. The summed E-state index contributed by atoms with van der Waals surface area (Å²) in [5.41, 5.74) is 3.72. The van der Waals surface area contributed by atoms with Gasteiger partial charge in [0.1, 0.15) is 5.82 Å². The number of halogens is 2. The molecule has 4 rings (SSSR count). The van der Waals surface area contributed by atoms with Crippen LogP contribution < -0.4 is 5.32 Å². The van der Waals surface area contributed by atoms with Gasteiger partial charge in [-0.2, -0.15) is 5.10 Å². The molecule has 162 valence electrons. The average Bonchev–Trinajstić information content (AvgIpc) is 3.13. The second kappa shape index (κ2) is 10.4. The fourth-order valence-corrected chi connectivity index (χ4v) is 3.82. The standard InChI is InChI=1S/C25H22ClFN4S/c26-24-23(18-31(29-24)17-21-12-7-13-22(27)14-21)28-25(32)30(15-19-8-3-1-4-9-19)16-20-10-5-2-6-11-20/h1-14,18H,15-17H2,(H,28,32). The Morgan fingerprint density at radius 3 is 2.09 bits per heavy atom. The highest BCUT2D eigenvalue weighted by atomic mass is 35.5. The summed E-state index contributed by atoms with van der Waals surface area (Å²) in [5, 5.41) is 8.43. The summed E-state index contributed by atoms with van der Waals surface area (Å²) in [7, 11) is 0. The molecule has 0 unspecified atom stereocenters. The minimum atomic E-state index is -0.280. The highest BCUT2D eigenvalue weighted by Crippen LogP contribution is 2.22. The predicted octanol–water partition coefficient (Wildman–Crippen LogP) is 6.12. The van der Waals surface area contributed by atoms with Crippen molar-refractivity contribution in [1.29, 1.82) is 0 Å². The molecule has 0 radical (unpaired) electrons. The van der Waals surface area contributed by atoms with Crippen LogP contribution in [0.3, 0.4) is 0 Å².